The van der Waals surface area contributed by atoms with Crippen LogP contribution in [0.3, 0.4) is 0 Å². The molecule has 2 heterocycles. The van der Waals surface area contributed by atoms with Crippen molar-refractivity contribution in [2.75, 3.05) is 6.54 Å². The Bertz CT molecular complexity index is 514. The molecular formula is C10H9F3N2O3S. The Hall–Kier alpha value is -1.64. The number of amides is 1. The molecule has 0 aromatic carbocycles. The molecule has 19 heavy (non-hydrogen) atoms. The molecule has 1 aliphatic heterocycles. The van der Waals surface area contributed by atoms with Crippen LogP contribution < -0.4 is 0 Å². The van der Waals surface area contributed by atoms with Crippen LogP contribution in [0, 0.1) is 0 Å². The number of carbonyl (C=O) groups is 2. The molecule has 1 aromatic heterocycles. The van der Waals surface area contributed by atoms with E-state index in [9.17, 15) is 22.8 Å². The number of likely N-dealkylation sites (tertiary alicyclic amines) is 1. The van der Waals surface area contributed by atoms with E-state index in [0.717, 1.165) is 10.3 Å². The highest BCUT2D eigenvalue weighted by atomic mass is 32.1. The Morgan fingerprint density at radius 3 is 2.68 bits per heavy atom. The van der Waals surface area contributed by atoms with Gasteiger partial charge in [0.2, 0.25) is 0 Å². The fraction of sp³-hybridized carbons (Fsp3) is 0.500. The van der Waals surface area contributed by atoms with Gasteiger partial charge < -0.3 is 10.0 Å². The third kappa shape index (κ3) is 2.70. The molecule has 0 saturated carbocycles. The minimum absolute atomic E-state index is 0.217. The summed E-state index contributed by atoms with van der Waals surface area (Å²) < 4.78 is 37.1. The van der Waals surface area contributed by atoms with Gasteiger partial charge in [0.1, 0.15) is 11.7 Å². The lowest BCUT2D eigenvalue weighted by molar-refractivity contribution is -0.141. The van der Waals surface area contributed by atoms with E-state index in [0.29, 0.717) is 24.2 Å². The van der Waals surface area contributed by atoms with Gasteiger partial charge in [-0.25, -0.2) is 9.78 Å². The average molecular weight is 294 g/mol. The summed E-state index contributed by atoms with van der Waals surface area (Å²) in [5.74, 6) is -1.92. The summed E-state index contributed by atoms with van der Waals surface area (Å²) in [6.45, 7) is 0.217. The quantitative estimate of drug-likeness (QED) is 0.903. The fourth-order valence-corrected chi connectivity index (χ4v) is 2.58. The van der Waals surface area contributed by atoms with Gasteiger partial charge >= 0.3 is 12.1 Å². The molecule has 1 saturated heterocycles. The molecule has 0 bridgehead atoms. The van der Waals surface area contributed by atoms with Crippen LogP contribution in [0.2, 0.25) is 0 Å². The van der Waals surface area contributed by atoms with Gasteiger partial charge in [-0.1, -0.05) is 0 Å². The summed E-state index contributed by atoms with van der Waals surface area (Å²) in [5.41, 5.74) is -0.356. The van der Waals surface area contributed by atoms with Crippen LogP contribution in [-0.4, -0.2) is 39.5 Å². The van der Waals surface area contributed by atoms with Crippen molar-refractivity contribution in [2.24, 2.45) is 0 Å². The topological polar surface area (TPSA) is 70.5 Å². The third-order valence-corrected chi connectivity index (χ3v) is 3.65. The largest absolute Gasteiger partial charge is 0.480 e. The number of hydrogen-bond donors (Lipinski definition) is 1. The van der Waals surface area contributed by atoms with Crippen LogP contribution in [0.25, 0.3) is 0 Å². The van der Waals surface area contributed by atoms with E-state index >= 15 is 0 Å². The number of alkyl halides is 3. The number of nitrogens with zero attached hydrogens (tertiary/aromatic N) is 2. The highest BCUT2D eigenvalue weighted by Gasteiger charge is 2.38. The van der Waals surface area contributed by atoms with E-state index in [-0.39, 0.29) is 12.2 Å². The summed E-state index contributed by atoms with van der Waals surface area (Å²) in [5, 5.41) is 8.82. The maximum Gasteiger partial charge on any atom is 0.443 e. The first kappa shape index (κ1) is 13.8. The van der Waals surface area contributed by atoms with Gasteiger partial charge in [-0.3, -0.25) is 4.79 Å². The number of carboxylic acid groups (broad SMARTS) is 1. The zero-order valence-electron chi connectivity index (χ0n) is 9.48. The number of halogens is 3. The summed E-state index contributed by atoms with van der Waals surface area (Å²) >= 11 is 0.322. The molecular weight excluding hydrogens is 285 g/mol. The Morgan fingerprint density at radius 2 is 2.16 bits per heavy atom. The van der Waals surface area contributed by atoms with Crippen molar-refractivity contribution >= 4 is 23.2 Å². The van der Waals surface area contributed by atoms with Crippen LogP contribution in [0.4, 0.5) is 13.2 Å². The van der Waals surface area contributed by atoms with Gasteiger partial charge in [-0.15, -0.1) is 11.3 Å². The maximum absolute atomic E-state index is 12.4. The fourth-order valence-electron chi connectivity index (χ4n) is 1.92. The predicted molar refractivity (Wildman–Crippen MR) is 58.8 cm³/mol. The minimum atomic E-state index is -4.60. The van der Waals surface area contributed by atoms with Crippen LogP contribution in [-0.2, 0) is 11.0 Å². The molecule has 2 rings (SSSR count). The second-order valence-corrected chi connectivity index (χ2v) is 4.89. The number of aromatic nitrogens is 1. The van der Waals surface area contributed by atoms with E-state index < -0.39 is 29.1 Å². The van der Waals surface area contributed by atoms with Crippen molar-refractivity contribution in [3.8, 4) is 0 Å². The Labute approximate surface area is 109 Å². The summed E-state index contributed by atoms with van der Waals surface area (Å²) in [6, 6.07) is -0.983. The molecule has 0 unspecified atom stereocenters. The molecule has 1 aliphatic rings. The molecule has 0 aliphatic carbocycles. The first-order valence-corrected chi connectivity index (χ1v) is 6.25. The van der Waals surface area contributed by atoms with E-state index in [1.54, 1.807) is 0 Å². The Balaban J connectivity index is 2.20. The van der Waals surface area contributed by atoms with Gasteiger partial charge in [0.25, 0.3) is 5.91 Å². The molecule has 9 heteroatoms. The monoisotopic (exact) mass is 294 g/mol. The lowest BCUT2D eigenvalue weighted by atomic mass is 10.2. The summed E-state index contributed by atoms with van der Waals surface area (Å²) in [6.07, 6.45) is -3.78. The number of carbonyl (C=O) groups excluding carboxylic acids is 1. The molecule has 1 aromatic rings. The van der Waals surface area contributed by atoms with Gasteiger partial charge in [0, 0.05) is 11.9 Å². The Kier molecular flexibility index (Phi) is 3.48. The molecule has 1 amide bonds. The molecule has 104 valence electrons. The SMILES string of the molecule is O=C(O)[C@@H]1CCCN1C(=O)c1csc(C(F)(F)F)n1. The zero-order valence-corrected chi connectivity index (χ0v) is 10.3. The van der Waals surface area contributed by atoms with Gasteiger partial charge in [0.15, 0.2) is 5.01 Å². The third-order valence-electron chi connectivity index (χ3n) is 2.76. The minimum Gasteiger partial charge on any atom is -0.480 e. The molecule has 1 atom stereocenters. The lowest BCUT2D eigenvalue weighted by Crippen LogP contribution is -2.40. The Morgan fingerprint density at radius 1 is 1.47 bits per heavy atom. The number of thiazole rings is 1. The van der Waals surface area contributed by atoms with Crippen LogP contribution in [0.1, 0.15) is 28.3 Å². The van der Waals surface area contributed by atoms with E-state index in [4.69, 9.17) is 5.11 Å². The van der Waals surface area contributed by atoms with Gasteiger partial charge in [-0.05, 0) is 12.8 Å². The van der Waals surface area contributed by atoms with Crippen molar-refractivity contribution in [1.29, 1.82) is 0 Å². The van der Waals surface area contributed by atoms with Gasteiger partial charge in [-0.2, -0.15) is 13.2 Å². The maximum atomic E-state index is 12.4. The number of hydrogen-bond acceptors (Lipinski definition) is 4. The van der Waals surface area contributed by atoms with E-state index in [2.05, 4.69) is 4.98 Å². The van der Waals surface area contributed by atoms with Crippen LogP contribution in [0.15, 0.2) is 5.38 Å². The zero-order chi connectivity index (χ0) is 14.2. The second kappa shape index (κ2) is 4.80. The van der Waals surface area contributed by atoms with Gasteiger partial charge in [0.05, 0.1) is 0 Å². The van der Waals surface area contributed by atoms with E-state index in [1.807, 2.05) is 0 Å². The normalized spacial score (nSPS) is 19.7. The van der Waals surface area contributed by atoms with Crippen LogP contribution in [0.5, 0.6) is 0 Å². The lowest BCUT2D eigenvalue weighted by Gasteiger charge is -2.20. The second-order valence-electron chi connectivity index (χ2n) is 4.03. The molecule has 1 fully saturated rings. The van der Waals surface area contributed by atoms with Crippen molar-refractivity contribution in [2.45, 2.75) is 25.1 Å². The first-order valence-electron chi connectivity index (χ1n) is 5.37. The van der Waals surface area contributed by atoms with Crippen molar-refractivity contribution in [3.05, 3.63) is 16.1 Å². The average Bonchev–Trinajstić information content (AvgIpc) is 2.96. The molecule has 5 nitrogen and oxygen atoms in total. The number of rotatable bonds is 2. The van der Waals surface area contributed by atoms with Crippen molar-refractivity contribution in [1.82, 2.24) is 9.88 Å². The highest BCUT2D eigenvalue weighted by molar-refractivity contribution is 7.09. The number of aliphatic carboxylic acids is 1. The summed E-state index contributed by atoms with van der Waals surface area (Å²) in [7, 11) is 0. The van der Waals surface area contributed by atoms with E-state index in [1.165, 1.54) is 0 Å². The predicted octanol–water partition coefficient (Wildman–Crippen LogP) is 1.85. The molecule has 0 spiro atoms. The summed E-state index contributed by atoms with van der Waals surface area (Å²) in [4.78, 5) is 27.1. The van der Waals surface area contributed by atoms with Crippen LogP contribution >= 0.6 is 11.3 Å². The standard InChI is InChI=1S/C10H9F3N2O3S/c11-10(12,13)9-14-5(4-19-9)7(16)15-3-1-2-6(15)8(17)18/h4,6H,1-3H2,(H,17,18)/t6-/m0/s1. The highest BCUT2D eigenvalue weighted by Crippen LogP contribution is 2.32. The molecule has 1 N–H and O–H groups in total. The van der Waals surface area contributed by atoms with Crippen molar-refractivity contribution < 1.29 is 27.9 Å². The number of carboxylic acids is 1. The smallest absolute Gasteiger partial charge is 0.443 e. The first-order chi connectivity index (χ1) is 8.80. The van der Waals surface area contributed by atoms with Crippen molar-refractivity contribution in [3.63, 3.8) is 0 Å². The molecule has 0 radical (unpaired) electrons.